The zero-order valence-electron chi connectivity index (χ0n) is 10.1. The first kappa shape index (κ1) is 14.8. The Morgan fingerprint density at radius 3 is 2.39 bits per heavy atom. The predicted molar refractivity (Wildman–Crippen MR) is 65.9 cm³/mol. The van der Waals surface area contributed by atoms with Gasteiger partial charge in [-0.1, -0.05) is 0 Å². The summed E-state index contributed by atoms with van der Waals surface area (Å²) in [7, 11) is -1.86. The number of Topliss-reactive ketones (excluding diaryl/α,β-unsaturated/α-hetero) is 1. The number of ether oxygens (including phenoxy) is 1. The first-order valence-electron chi connectivity index (χ1n) is 5.43. The van der Waals surface area contributed by atoms with Crippen LogP contribution in [0.5, 0.6) is 0 Å². The summed E-state index contributed by atoms with van der Waals surface area (Å²) < 4.78 is 40.3. The normalized spacial score (nSPS) is 11.4. The van der Waals surface area contributed by atoms with Gasteiger partial charge in [0.1, 0.15) is 5.82 Å². The quantitative estimate of drug-likeness (QED) is 0.706. The molecule has 1 aromatic carbocycles. The molecule has 0 bridgehead atoms. The Kier molecular flexibility index (Phi) is 5.43. The first-order valence-corrected chi connectivity index (χ1v) is 7.25. The summed E-state index contributed by atoms with van der Waals surface area (Å²) >= 11 is 0. The molecule has 0 saturated carbocycles. The molecule has 0 N–H and O–H groups in total. The third-order valence-electron chi connectivity index (χ3n) is 2.40. The van der Waals surface area contributed by atoms with Crippen LogP contribution in [0, 0.1) is 5.82 Å². The molecule has 0 amide bonds. The van der Waals surface area contributed by atoms with Gasteiger partial charge in [-0.2, -0.15) is 0 Å². The van der Waals surface area contributed by atoms with E-state index >= 15 is 0 Å². The van der Waals surface area contributed by atoms with Gasteiger partial charge in [-0.25, -0.2) is 12.8 Å². The second-order valence-electron chi connectivity index (χ2n) is 3.82. The average Bonchev–Trinajstić information content (AvgIpc) is 2.35. The van der Waals surface area contributed by atoms with E-state index in [9.17, 15) is 17.6 Å². The van der Waals surface area contributed by atoms with Gasteiger partial charge in [0.2, 0.25) is 0 Å². The molecular formula is C12H15FO4S. The van der Waals surface area contributed by atoms with Gasteiger partial charge < -0.3 is 4.74 Å². The van der Waals surface area contributed by atoms with Crippen molar-refractivity contribution in [1.29, 1.82) is 0 Å². The molecule has 0 aliphatic carbocycles. The Hall–Kier alpha value is -1.27. The number of hydrogen-bond acceptors (Lipinski definition) is 4. The van der Waals surface area contributed by atoms with E-state index in [1.54, 1.807) is 0 Å². The molecule has 0 unspecified atom stereocenters. The minimum atomic E-state index is -3.27. The Bertz CT molecular complexity index is 493. The van der Waals surface area contributed by atoms with Crippen molar-refractivity contribution >= 4 is 15.6 Å². The monoisotopic (exact) mass is 274 g/mol. The third-order valence-corrected chi connectivity index (χ3v) is 4.02. The Morgan fingerprint density at radius 1 is 1.22 bits per heavy atom. The zero-order valence-corrected chi connectivity index (χ0v) is 10.9. The highest BCUT2D eigenvalue weighted by molar-refractivity contribution is 7.91. The Labute approximate surface area is 106 Å². The third kappa shape index (κ3) is 4.93. The number of carbonyl (C=O) groups is 1. The lowest BCUT2D eigenvalue weighted by Gasteiger charge is -2.03. The highest BCUT2D eigenvalue weighted by Crippen LogP contribution is 2.07. The van der Waals surface area contributed by atoms with E-state index < -0.39 is 15.7 Å². The van der Waals surface area contributed by atoms with Crippen molar-refractivity contribution in [3.05, 3.63) is 35.6 Å². The van der Waals surface area contributed by atoms with Crippen LogP contribution in [-0.2, 0) is 14.6 Å². The first-order chi connectivity index (χ1) is 8.44. The molecule has 0 aliphatic rings. The molecule has 1 aromatic rings. The second-order valence-corrected chi connectivity index (χ2v) is 6.13. The molecule has 0 atom stereocenters. The number of ketones is 1. The van der Waals surface area contributed by atoms with E-state index in [1.165, 1.54) is 31.4 Å². The van der Waals surface area contributed by atoms with Gasteiger partial charge in [0, 0.05) is 19.1 Å². The molecule has 0 aromatic heterocycles. The van der Waals surface area contributed by atoms with Crippen molar-refractivity contribution in [1.82, 2.24) is 0 Å². The van der Waals surface area contributed by atoms with E-state index in [0.29, 0.717) is 5.56 Å². The summed E-state index contributed by atoms with van der Waals surface area (Å²) in [6, 6.07) is 5.04. The summed E-state index contributed by atoms with van der Waals surface area (Å²) in [5.41, 5.74) is 0.318. The lowest BCUT2D eigenvalue weighted by atomic mass is 10.1. The maximum Gasteiger partial charge on any atom is 0.163 e. The molecule has 0 spiro atoms. The topological polar surface area (TPSA) is 60.4 Å². The molecule has 18 heavy (non-hydrogen) atoms. The number of halogens is 1. The summed E-state index contributed by atoms with van der Waals surface area (Å²) in [6.45, 7) is 0.118. The van der Waals surface area contributed by atoms with E-state index in [-0.39, 0.29) is 30.3 Å². The van der Waals surface area contributed by atoms with Gasteiger partial charge >= 0.3 is 0 Å². The second kappa shape index (κ2) is 6.61. The summed E-state index contributed by atoms with van der Waals surface area (Å²) in [5.74, 6) is -1.05. The van der Waals surface area contributed by atoms with Crippen molar-refractivity contribution in [3.8, 4) is 0 Å². The molecule has 100 valence electrons. The average molecular weight is 274 g/mol. The van der Waals surface area contributed by atoms with Crippen molar-refractivity contribution in [3.63, 3.8) is 0 Å². The van der Waals surface area contributed by atoms with Crippen molar-refractivity contribution < 1.29 is 22.3 Å². The smallest absolute Gasteiger partial charge is 0.163 e. The molecule has 0 heterocycles. The molecule has 4 nitrogen and oxygen atoms in total. The van der Waals surface area contributed by atoms with Crippen LogP contribution in [0.25, 0.3) is 0 Å². The zero-order chi connectivity index (χ0) is 13.6. The Balaban J connectivity index is 2.53. The molecule has 0 aliphatic heterocycles. The number of benzene rings is 1. The molecule has 1 rings (SSSR count). The number of methoxy groups -OCH3 is 1. The largest absolute Gasteiger partial charge is 0.384 e. The van der Waals surface area contributed by atoms with Gasteiger partial charge in [-0.15, -0.1) is 0 Å². The molecule has 0 saturated heterocycles. The number of sulfone groups is 1. The fraction of sp³-hybridized carbons (Fsp3) is 0.417. The maximum atomic E-state index is 12.6. The summed E-state index contributed by atoms with van der Waals surface area (Å²) in [4.78, 5) is 11.7. The summed E-state index contributed by atoms with van der Waals surface area (Å²) in [6.07, 6.45) is -0.0995. The van der Waals surface area contributed by atoms with Crippen LogP contribution in [0.1, 0.15) is 16.8 Å². The highest BCUT2D eigenvalue weighted by Gasteiger charge is 2.14. The fourth-order valence-electron chi connectivity index (χ4n) is 1.34. The lowest BCUT2D eigenvalue weighted by molar-refractivity contribution is 0.0988. The standard InChI is InChI=1S/C12H15FO4S/c1-17-7-9-18(15,16)8-6-12(14)10-2-4-11(13)5-3-10/h2-5H,6-9H2,1H3. The molecule has 0 radical (unpaired) electrons. The van der Waals surface area contributed by atoms with Gasteiger partial charge in [0.05, 0.1) is 18.1 Å². The van der Waals surface area contributed by atoms with Crippen LogP contribution in [0.3, 0.4) is 0 Å². The fourth-order valence-corrected chi connectivity index (χ4v) is 2.46. The Morgan fingerprint density at radius 2 is 1.83 bits per heavy atom. The molecule has 6 heteroatoms. The minimum absolute atomic E-state index is 0.0970. The van der Waals surface area contributed by atoms with Crippen LogP contribution in [0.2, 0.25) is 0 Å². The van der Waals surface area contributed by atoms with Gasteiger partial charge in [0.15, 0.2) is 15.6 Å². The van der Waals surface area contributed by atoms with Crippen LogP contribution >= 0.6 is 0 Å². The molecular weight excluding hydrogens is 259 g/mol. The number of hydrogen-bond donors (Lipinski definition) is 0. The van der Waals surface area contributed by atoms with Crippen LogP contribution in [0.15, 0.2) is 24.3 Å². The van der Waals surface area contributed by atoms with E-state index in [0.717, 1.165) is 0 Å². The van der Waals surface area contributed by atoms with Crippen LogP contribution in [-0.4, -0.2) is 39.4 Å². The minimum Gasteiger partial charge on any atom is -0.384 e. The van der Waals surface area contributed by atoms with Gasteiger partial charge in [-0.05, 0) is 24.3 Å². The van der Waals surface area contributed by atoms with E-state index in [1.807, 2.05) is 0 Å². The van der Waals surface area contributed by atoms with Gasteiger partial charge in [0.25, 0.3) is 0 Å². The van der Waals surface area contributed by atoms with Crippen molar-refractivity contribution in [2.45, 2.75) is 6.42 Å². The van der Waals surface area contributed by atoms with Crippen molar-refractivity contribution in [2.75, 3.05) is 25.2 Å². The number of carbonyl (C=O) groups excluding carboxylic acids is 1. The molecule has 0 fully saturated rings. The van der Waals surface area contributed by atoms with E-state index in [2.05, 4.69) is 4.74 Å². The van der Waals surface area contributed by atoms with Crippen LogP contribution in [0.4, 0.5) is 4.39 Å². The maximum absolute atomic E-state index is 12.6. The van der Waals surface area contributed by atoms with Crippen molar-refractivity contribution in [2.24, 2.45) is 0 Å². The predicted octanol–water partition coefficient (Wildman–Crippen LogP) is 1.46. The SMILES string of the molecule is COCCS(=O)(=O)CCC(=O)c1ccc(F)cc1. The lowest BCUT2D eigenvalue weighted by Crippen LogP contribution is -2.17. The number of rotatable bonds is 7. The summed E-state index contributed by atoms with van der Waals surface area (Å²) in [5, 5.41) is 0. The highest BCUT2D eigenvalue weighted by atomic mass is 32.2. The van der Waals surface area contributed by atoms with Gasteiger partial charge in [-0.3, -0.25) is 4.79 Å². The van der Waals surface area contributed by atoms with E-state index in [4.69, 9.17) is 0 Å². The van der Waals surface area contributed by atoms with Crippen LogP contribution < -0.4 is 0 Å².